The lowest BCUT2D eigenvalue weighted by Crippen LogP contribution is -2.38. The Kier molecular flexibility index (Phi) is 12.8. The van der Waals surface area contributed by atoms with Crippen LogP contribution in [-0.2, 0) is 13.0 Å². The fraction of sp³-hybridized carbons (Fsp3) is 0.391. The highest BCUT2D eigenvalue weighted by atomic mass is 127. The Morgan fingerprint density at radius 2 is 1.74 bits per heavy atom. The zero-order valence-electron chi connectivity index (χ0n) is 18.5. The molecule has 0 atom stereocenters. The van der Waals surface area contributed by atoms with Crippen molar-refractivity contribution in [1.82, 2.24) is 20.9 Å². The van der Waals surface area contributed by atoms with E-state index in [2.05, 4.69) is 20.9 Å². The molecule has 31 heavy (non-hydrogen) atoms. The standard InChI is InChI=1S/C23H32FN5O.HI/c1-4-25-23(27-13-12-18-8-10-21(24)11-9-18)28-17-19-6-5-7-20(16-19)22(30)26-14-15-29(2)3;/h5-11,16H,4,12-15,17H2,1-3H3,(H,26,30)(H2,25,27,28);1H. The number of rotatable bonds is 10. The Labute approximate surface area is 201 Å². The summed E-state index contributed by atoms with van der Waals surface area (Å²) in [7, 11) is 3.95. The smallest absolute Gasteiger partial charge is 0.251 e. The van der Waals surface area contributed by atoms with Crippen molar-refractivity contribution in [3.8, 4) is 0 Å². The van der Waals surface area contributed by atoms with E-state index in [9.17, 15) is 9.18 Å². The molecule has 1 amide bonds. The van der Waals surface area contributed by atoms with Crippen LogP contribution >= 0.6 is 24.0 Å². The maximum atomic E-state index is 13.0. The van der Waals surface area contributed by atoms with Crippen LogP contribution in [0.2, 0.25) is 0 Å². The highest BCUT2D eigenvalue weighted by molar-refractivity contribution is 14.0. The van der Waals surface area contributed by atoms with Crippen LogP contribution in [0.4, 0.5) is 4.39 Å². The molecule has 6 nitrogen and oxygen atoms in total. The highest BCUT2D eigenvalue weighted by Crippen LogP contribution is 2.07. The number of likely N-dealkylation sites (N-methyl/N-ethyl adjacent to an activating group) is 1. The van der Waals surface area contributed by atoms with Crippen LogP contribution in [-0.4, -0.2) is 57.0 Å². The normalized spacial score (nSPS) is 11.1. The van der Waals surface area contributed by atoms with E-state index >= 15 is 0 Å². The van der Waals surface area contributed by atoms with Gasteiger partial charge in [-0.2, -0.15) is 0 Å². The number of benzene rings is 2. The molecule has 0 aromatic heterocycles. The molecule has 0 saturated heterocycles. The van der Waals surface area contributed by atoms with Gasteiger partial charge in [-0.15, -0.1) is 24.0 Å². The van der Waals surface area contributed by atoms with E-state index in [0.29, 0.717) is 31.2 Å². The molecule has 3 N–H and O–H groups in total. The minimum atomic E-state index is -0.227. The van der Waals surface area contributed by atoms with E-state index < -0.39 is 0 Å². The van der Waals surface area contributed by atoms with E-state index in [0.717, 1.165) is 30.6 Å². The Hall–Kier alpha value is -2.20. The van der Waals surface area contributed by atoms with Crippen molar-refractivity contribution in [3.05, 3.63) is 71.0 Å². The van der Waals surface area contributed by atoms with Gasteiger partial charge in [0.05, 0.1) is 6.54 Å². The Morgan fingerprint density at radius 3 is 2.42 bits per heavy atom. The first-order valence-corrected chi connectivity index (χ1v) is 10.3. The van der Waals surface area contributed by atoms with Gasteiger partial charge in [-0.3, -0.25) is 4.79 Å². The van der Waals surface area contributed by atoms with Crippen molar-refractivity contribution in [3.63, 3.8) is 0 Å². The number of nitrogens with one attached hydrogen (secondary N) is 3. The van der Waals surface area contributed by atoms with Gasteiger partial charge in [0.15, 0.2) is 5.96 Å². The Bertz CT molecular complexity index is 827. The maximum Gasteiger partial charge on any atom is 0.251 e. The summed E-state index contributed by atoms with van der Waals surface area (Å²) in [6, 6.07) is 14.0. The van der Waals surface area contributed by atoms with Crippen molar-refractivity contribution in [2.75, 3.05) is 40.3 Å². The largest absolute Gasteiger partial charge is 0.357 e. The van der Waals surface area contributed by atoms with Crippen LogP contribution in [0, 0.1) is 5.82 Å². The van der Waals surface area contributed by atoms with Crippen LogP contribution < -0.4 is 16.0 Å². The number of nitrogens with zero attached hydrogens (tertiary/aromatic N) is 2. The van der Waals surface area contributed by atoms with Crippen LogP contribution in [0.25, 0.3) is 0 Å². The molecule has 0 fully saturated rings. The summed E-state index contributed by atoms with van der Waals surface area (Å²) >= 11 is 0. The molecule has 0 spiro atoms. The molecule has 0 saturated carbocycles. The van der Waals surface area contributed by atoms with Gasteiger partial charge in [0.25, 0.3) is 5.91 Å². The summed E-state index contributed by atoms with van der Waals surface area (Å²) in [5.41, 5.74) is 2.66. The number of aliphatic imine (C=N–C) groups is 1. The molecule has 2 aromatic carbocycles. The van der Waals surface area contributed by atoms with Crippen molar-refractivity contribution in [2.24, 2.45) is 4.99 Å². The highest BCUT2D eigenvalue weighted by Gasteiger charge is 2.06. The molecule has 0 aliphatic rings. The molecule has 0 heterocycles. The molecule has 8 heteroatoms. The lowest BCUT2D eigenvalue weighted by atomic mass is 10.1. The molecule has 0 aliphatic carbocycles. The molecular formula is C23H33FIN5O. The fourth-order valence-electron chi connectivity index (χ4n) is 2.79. The molecule has 0 bridgehead atoms. The van der Waals surface area contributed by atoms with Crippen LogP contribution in [0.3, 0.4) is 0 Å². The minimum Gasteiger partial charge on any atom is -0.357 e. The van der Waals surface area contributed by atoms with Gasteiger partial charge >= 0.3 is 0 Å². The summed E-state index contributed by atoms with van der Waals surface area (Å²) in [5, 5.41) is 9.44. The molecule has 170 valence electrons. The zero-order valence-corrected chi connectivity index (χ0v) is 20.8. The first-order valence-electron chi connectivity index (χ1n) is 10.3. The van der Waals surface area contributed by atoms with E-state index in [1.165, 1.54) is 12.1 Å². The van der Waals surface area contributed by atoms with E-state index in [1.54, 1.807) is 12.1 Å². The maximum absolute atomic E-state index is 13.0. The van der Waals surface area contributed by atoms with Gasteiger partial charge in [-0.25, -0.2) is 9.38 Å². The van der Waals surface area contributed by atoms with Gasteiger partial charge in [-0.05, 0) is 62.8 Å². The van der Waals surface area contributed by atoms with Crippen molar-refractivity contribution < 1.29 is 9.18 Å². The van der Waals surface area contributed by atoms with Gasteiger partial charge < -0.3 is 20.9 Å². The summed E-state index contributed by atoms with van der Waals surface area (Å²) in [4.78, 5) is 18.9. The summed E-state index contributed by atoms with van der Waals surface area (Å²) in [5.74, 6) is 0.405. The van der Waals surface area contributed by atoms with Gasteiger partial charge in [0.2, 0.25) is 0 Å². The number of hydrogen-bond donors (Lipinski definition) is 3. The second-order valence-corrected chi connectivity index (χ2v) is 7.26. The Balaban J connectivity index is 0.00000480. The molecule has 0 aliphatic heterocycles. The predicted molar refractivity (Wildman–Crippen MR) is 136 cm³/mol. The zero-order chi connectivity index (χ0) is 21.8. The van der Waals surface area contributed by atoms with Crippen LogP contribution in [0.1, 0.15) is 28.4 Å². The van der Waals surface area contributed by atoms with Crippen LogP contribution in [0.15, 0.2) is 53.5 Å². The number of carbonyl (C=O) groups is 1. The number of carbonyl (C=O) groups excluding carboxylic acids is 1. The first-order chi connectivity index (χ1) is 14.5. The number of guanidine groups is 1. The third kappa shape index (κ3) is 10.6. The average molecular weight is 541 g/mol. The van der Waals surface area contributed by atoms with Gasteiger partial charge in [0.1, 0.15) is 5.82 Å². The first kappa shape index (κ1) is 26.8. The van der Waals surface area contributed by atoms with Crippen molar-refractivity contribution in [2.45, 2.75) is 19.9 Å². The van der Waals surface area contributed by atoms with Gasteiger partial charge in [-0.1, -0.05) is 24.3 Å². The monoisotopic (exact) mass is 541 g/mol. The molecule has 2 rings (SSSR count). The second kappa shape index (κ2) is 14.7. The van der Waals surface area contributed by atoms with Crippen molar-refractivity contribution >= 4 is 35.8 Å². The lowest BCUT2D eigenvalue weighted by Gasteiger charge is -2.12. The predicted octanol–water partition coefficient (Wildman–Crippen LogP) is 3.03. The topological polar surface area (TPSA) is 68.8 Å². The second-order valence-electron chi connectivity index (χ2n) is 7.26. The molecule has 0 unspecified atom stereocenters. The fourth-order valence-corrected chi connectivity index (χ4v) is 2.79. The third-order valence-corrected chi connectivity index (χ3v) is 4.42. The molecule has 2 aromatic rings. The van der Waals surface area contributed by atoms with Gasteiger partial charge in [0, 0.05) is 31.7 Å². The van der Waals surface area contributed by atoms with Crippen LogP contribution in [0.5, 0.6) is 0 Å². The third-order valence-electron chi connectivity index (χ3n) is 4.42. The summed E-state index contributed by atoms with van der Waals surface area (Å²) in [6.07, 6.45) is 0.771. The van der Waals surface area contributed by atoms with E-state index in [1.807, 2.05) is 50.2 Å². The number of amides is 1. The SMILES string of the molecule is CCNC(=NCc1cccc(C(=O)NCCN(C)C)c1)NCCc1ccc(F)cc1.I. The quantitative estimate of drug-likeness (QED) is 0.246. The number of halogens is 2. The van der Waals surface area contributed by atoms with Crippen molar-refractivity contribution in [1.29, 1.82) is 0 Å². The van der Waals surface area contributed by atoms with E-state index in [-0.39, 0.29) is 35.7 Å². The summed E-state index contributed by atoms with van der Waals surface area (Å²) in [6.45, 7) is 5.31. The minimum absolute atomic E-state index is 0. The average Bonchev–Trinajstić information content (AvgIpc) is 2.73. The van der Waals surface area contributed by atoms with E-state index in [4.69, 9.17) is 0 Å². The molecule has 0 radical (unpaired) electrons. The lowest BCUT2D eigenvalue weighted by molar-refractivity contribution is 0.0951. The summed E-state index contributed by atoms with van der Waals surface area (Å²) < 4.78 is 13.0. The number of hydrogen-bond acceptors (Lipinski definition) is 3. The Morgan fingerprint density at radius 1 is 1.00 bits per heavy atom. The molecular weight excluding hydrogens is 508 g/mol.